The molecule has 1 saturated heterocycles. The molecule has 0 aromatic heterocycles. The second-order valence-electron chi connectivity index (χ2n) is 18.6. The summed E-state index contributed by atoms with van der Waals surface area (Å²) in [6, 6.07) is -0.870. The molecule has 1 aliphatic rings. The molecule has 1 rings (SSSR count). The molecule has 0 aliphatic carbocycles. The van der Waals surface area contributed by atoms with Gasteiger partial charge in [0.15, 0.2) is 6.29 Å². The number of unbranched alkanes of at least 4 members (excludes halogenated alkanes) is 25. The molecule has 0 bridgehead atoms. The minimum atomic E-state index is -1.59. The highest BCUT2D eigenvalue weighted by Crippen LogP contribution is 2.23. The second-order valence-corrected chi connectivity index (χ2v) is 18.6. The van der Waals surface area contributed by atoms with E-state index in [1.165, 1.54) is 122 Å². The number of esters is 1. The van der Waals surface area contributed by atoms with E-state index in [9.17, 15) is 35.1 Å². The van der Waals surface area contributed by atoms with E-state index in [0.29, 0.717) is 19.4 Å². The molecular weight excluding hydrogens is 835 g/mol. The molecule has 0 aromatic rings. The van der Waals surface area contributed by atoms with Gasteiger partial charge in [-0.05, 0) is 64.2 Å². The smallest absolute Gasteiger partial charge is 0.305 e. The average Bonchev–Trinajstić information content (AvgIpc) is 3.31. The monoisotopic (exact) mass is 934 g/mol. The number of carbonyl (C=O) groups is 2. The fourth-order valence-electron chi connectivity index (χ4n) is 8.09. The first kappa shape index (κ1) is 61.6. The second kappa shape index (κ2) is 45.1. The van der Waals surface area contributed by atoms with Crippen LogP contribution in [0.1, 0.15) is 226 Å². The number of aliphatic hydroxyl groups excluding tert-OH is 5. The predicted molar refractivity (Wildman–Crippen MR) is 269 cm³/mol. The van der Waals surface area contributed by atoms with Crippen molar-refractivity contribution in [1.82, 2.24) is 5.32 Å². The number of nitrogens with one attached hydrogen (secondary N) is 1. The van der Waals surface area contributed by atoms with Gasteiger partial charge < -0.3 is 45.1 Å². The van der Waals surface area contributed by atoms with Gasteiger partial charge >= 0.3 is 5.97 Å². The van der Waals surface area contributed by atoms with Gasteiger partial charge in [0.25, 0.3) is 0 Å². The van der Waals surface area contributed by atoms with Gasteiger partial charge in [-0.25, -0.2) is 0 Å². The van der Waals surface area contributed by atoms with Crippen LogP contribution in [-0.2, 0) is 23.8 Å². The van der Waals surface area contributed by atoms with E-state index in [-0.39, 0.29) is 24.9 Å². The largest absolute Gasteiger partial charge is 0.466 e. The molecule has 7 unspecified atom stereocenters. The third-order valence-electron chi connectivity index (χ3n) is 12.4. The van der Waals surface area contributed by atoms with Crippen LogP contribution in [0.5, 0.6) is 0 Å². The molecule has 384 valence electrons. The first-order chi connectivity index (χ1) is 32.2. The number of allylic oxidation sites excluding steroid dienone is 7. The molecule has 11 nitrogen and oxygen atoms in total. The van der Waals surface area contributed by atoms with Crippen molar-refractivity contribution in [2.24, 2.45) is 0 Å². The zero-order valence-corrected chi connectivity index (χ0v) is 41.9. The van der Waals surface area contributed by atoms with Crippen LogP contribution in [0.4, 0.5) is 0 Å². The van der Waals surface area contributed by atoms with Crippen molar-refractivity contribution in [3.05, 3.63) is 48.6 Å². The molecule has 11 heteroatoms. The maximum Gasteiger partial charge on any atom is 0.305 e. The van der Waals surface area contributed by atoms with Gasteiger partial charge in [0.2, 0.25) is 5.91 Å². The number of amides is 1. The van der Waals surface area contributed by atoms with Crippen LogP contribution in [0, 0.1) is 0 Å². The van der Waals surface area contributed by atoms with Crippen LogP contribution in [0.3, 0.4) is 0 Å². The van der Waals surface area contributed by atoms with E-state index in [2.05, 4.69) is 43.5 Å². The third kappa shape index (κ3) is 34.8. The number of hydrogen-bond acceptors (Lipinski definition) is 10. The lowest BCUT2D eigenvalue weighted by molar-refractivity contribution is -0.302. The molecule has 0 saturated carbocycles. The summed E-state index contributed by atoms with van der Waals surface area (Å²) in [6.45, 7) is 4.17. The van der Waals surface area contributed by atoms with Crippen molar-refractivity contribution in [3.63, 3.8) is 0 Å². The van der Waals surface area contributed by atoms with E-state index in [4.69, 9.17) is 14.2 Å². The minimum absolute atomic E-state index is 0.0380. The standard InChI is InChI=1S/C55H99NO10/c1-3-5-7-9-11-13-14-15-16-17-20-23-27-31-35-39-43-51(60)64-44-40-36-32-28-24-21-18-19-22-26-30-34-38-42-50(59)56-47(48(58)41-37-33-29-25-12-10-8-6-4-2)46-65-55-54(63)53(62)52(61)49(45-57)66-55/h12,19,22,25,30,34,37,41,47-49,52-55,57-58,61-63H,3-11,13-18,20-21,23-24,26-29,31-33,35-36,38-40,42-46H2,1-2H3,(H,56,59)/b22-19-,25-12+,34-30-,41-37+. The summed E-state index contributed by atoms with van der Waals surface area (Å²) in [5, 5.41) is 54.0. The van der Waals surface area contributed by atoms with Gasteiger partial charge in [0, 0.05) is 12.8 Å². The summed E-state index contributed by atoms with van der Waals surface area (Å²) in [7, 11) is 0. The van der Waals surface area contributed by atoms with Gasteiger partial charge in [-0.1, -0.05) is 197 Å². The minimum Gasteiger partial charge on any atom is -0.466 e. The fourth-order valence-corrected chi connectivity index (χ4v) is 8.09. The van der Waals surface area contributed by atoms with Crippen molar-refractivity contribution in [1.29, 1.82) is 0 Å². The van der Waals surface area contributed by atoms with Crippen molar-refractivity contribution >= 4 is 11.9 Å². The Hall–Kier alpha value is -2.38. The highest BCUT2D eigenvalue weighted by Gasteiger charge is 2.44. The Labute approximate surface area is 402 Å². The number of hydrogen-bond donors (Lipinski definition) is 6. The normalized spacial score (nSPS) is 20.0. The summed E-state index contributed by atoms with van der Waals surface area (Å²) in [5.74, 6) is -0.314. The summed E-state index contributed by atoms with van der Waals surface area (Å²) in [6.07, 6.45) is 45.1. The molecule has 1 aliphatic heterocycles. The van der Waals surface area contributed by atoms with Crippen molar-refractivity contribution < 1.29 is 49.3 Å². The van der Waals surface area contributed by atoms with Crippen LogP contribution in [0.15, 0.2) is 48.6 Å². The lowest BCUT2D eigenvalue weighted by Gasteiger charge is -2.40. The third-order valence-corrected chi connectivity index (χ3v) is 12.4. The van der Waals surface area contributed by atoms with E-state index in [1.807, 2.05) is 18.2 Å². The van der Waals surface area contributed by atoms with Crippen molar-refractivity contribution in [2.45, 2.75) is 269 Å². The van der Waals surface area contributed by atoms with Crippen LogP contribution >= 0.6 is 0 Å². The first-order valence-electron chi connectivity index (χ1n) is 26.9. The summed E-state index contributed by atoms with van der Waals surface area (Å²) in [5.41, 5.74) is 0. The number of carbonyl (C=O) groups excluding carboxylic acids is 2. The molecule has 1 fully saturated rings. The lowest BCUT2D eigenvalue weighted by Crippen LogP contribution is -2.60. The Morgan fingerprint density at radius 1 is 0.561 bits per heavy atom. The van der Waals surface area contributed by atoms with Gasteiger partial charge in [-0.3, -0.25) is 9.59 Å². The van der Waals surface area contributed by atoms with Gasteiger partial charge in [0.05, 0.1) is 32.0 Å². The molecule has 1 heterocycles. The van der Waals surface area contributed by atoms with Gasteiger partial charge in [0.1, 0.15) is 24.4 Å². The summed E-state index contributed by atoms with van der Waals surface area (Å²) < 4.78 is 16.6. The molecule has 6 N–H and O–H groups in total. The van der Waals surface area contributed by atoms with E-state index in [1.54, 1.807) is 6.08 Å². The maximum absolute atomic E-state index is 12.9. The molecule has 7 atom stereocenters. The van der Waals surface area contributed by atoms with E-state index >= 15 is 0 Å². The SMILES string of the molecule is CCCCC/C=C/CC/C=C/C(O)C(COC1OC(CO)C(O)C(O)C1O)NC(=O)CC/C=C\C/C=C\CCCCCCCCOC(=O)CCCCCCCCCCCCCCCCCC. The summed E-state index contributed by atoms with van der Waals surface area (Å²) >= 11 is 0. The summed E-state index contributed by atoms with van der Waals surface area (Å²) in [4.78, 5) is 25.0. The van der Waals surface area contributed by atoms with E-state index < -0.39 is 49.5 Å². The molecule has 0 aromatic carbocycles. The highest BCUT2D eigenvalue weighted by molar-refractivity contribution is 5.76. The lowest BCUT2D eigenvalue weighted by atomic mass is 9.99. The van der Waals surface area contributed by atoms with E-state index in [0.717, 1.165) is 70.6 Å². The van der Waals surface area contributed by atoms with Crippen LogP contribution in [-0.4, -0.2) is 100 Å². The Balaban J connectivity index is 2.15. The molecule has 1 amide bonds. The zero-order chi connectivity index (χ0) is 48.1. The molecule has 0 radical (unpaired) electrons. The Morgan fingerprint density at radius 3 is 1.65 bits per heavy atom. The van der Waals surface area contributed by atoms with Crippen LogP contribution in [0.2, 0.25) is 0 Å². The molecular formula is C55H99NO10. The number of aliphatic hydroxyl groups is 5. The average molecular weight is 934 g/mol. The van der Waals surface area contributed by atoms with Crippen LogP contribution < -0.4 is 5.32 Å². The topological polar surface area (TPSA) is 175 Å². The zero-order valence-electron chi connectivity index (χ0n) is 41.9. The number of rotatable bonds is 45. The highest BCUT2D eigenvalue weighted by atomic mass is 16.7. The quantitative estimate of drug-likeness (QED) is 0.0196. The van der Waals surface area contributed by atoms with Crippen molar-refractivity contribution in [3.8, 4) is 0 Å². The predicted octanol–water partition coefficient (Wildman–Crippen LogP) is 11.3. The number of ether oxygens (including phenoxy) is 3. The first-order valence-corrected chi connectivity index (χ1v) is 26.9. The molecule has 66 heavy (non-hydrogen) atoms. The van der Waals surface area contributed by atoms with Gasteiger partial charge in [-0.2, -0.15) is 0 Å². The maximum atomic E-state index is 12.9. The molecule has 0 spiro atoms. The fraction of sp³-hybridized carbons (Fsp3) is 0.818. The van der Waals surface area contributed by atoms with Gasteiger partial charge in [-0.15, -0.1) is 0 Å². The van der Waals surface area contributed by atoms with Crippen molar-refractivity contribution in [2.75, 3.05) is 19.8 Å². The Kier molecular flexibility index (Phi) is 42.1. The Morgan fingerprint density at radius 2 is 1.05 bits per heavy atom. The van der Waals surface area contributed by atoms with Crippen LogP contribution in [0.25, 0.3) is 0 Å². The Bertz CT molecular complexity index is 1240.